The number of rotatable bonds is 6. The van der Waals surface area contributed by atoms with Crippen LogP contribution in [0.5, 0.6) is 0 Å². The highest BCUT2D eigenvalue weighted by atomic mass is 32.2. The number of aliphatic carboxylic acids is 1. The predicted molar refractivity (Wildman–Crippen MR) is 66.2 cm³/mol. The molecule has 1 saturated heterocycles. The summed E-state index contributed by atoms with van der Waals surface area (Å²) in [7, 11) is 0. The van der Waals surface area contributed by atoms with Gasteiger partial charge in [-0.1, -0.05) is 0 Å². The number of carboxylic acid groups (broad SMARTS) is 1. The first-order chi connectivity index (χ1) is 8.09. The number of nitrogens with one attached hydrogen (secondary N) is 1. The molecule has 17 heavy (non-hydrogen) atoms. The van der Waals surface area contributed by atoms with Crippen molar-refractivity contribution in [3.05, 3.63) is 0 Å². The second kappa shape index (κ2) is 7.55. The molecule has 0 aromatic carbocycles. The summed E-state index contributed by atoms with van der Waals surface area (Å²) in [4.78, 5) is 21.7. The first-order valence-corrected chi connectivity index (χ1v) is 6.83. The van der Waals surface area contributed by atoms with Crippen LogP contribution in [0.3, 0.4) is 0 Å². The Morgan fingerprint density at radius 3 is 2.88 bits per heavy atom. The van der Waals surface area contributed by atoms with Crippen LogP contribution in [0.25, 0.3) is 0 Å². The minimum atomic E-state index is -0.972. The van der Waals surface area contributed by atoms with Gasteiger partial charge in [-0.3, -0.25) is 4.79 Å². The van der Waals surface area contributed by atoms with Gasteiger partial charge in [-0.25, -0.2) is 4.79 Å². The molecule has 5 nitrogen and oxygen atoms in total. The van der Waals surface area contributed by atoms with Gasteiger partial charge in [-0.05, 0) is 25.0 Å². The Balaban J connectivity index is 2.21. The van der Waals surface area contributed by atoms with Gasteiger partial charge in [0.25, 0.3) is 0 Å². The number of hydrogen-bond donors (Lipinski definition) is 2. The van der Waals surface area contributed by atoms with Crippen molar-refractivity contribution < 1.29 is 19.4 Å². The smallest absolute Gasteiger partial charge is 0.326 e. The van der Waals surface area contributed by atoms with Crippen LogP contribution in [0.4, 0.5) is 0 Å². The second-order valence-electron chi connectivity index (χ2n) is 4.09. The van der Waals surface area contributed by atoms with E-state index in [0.717, 1.165) is 31.8 Å². The molecular weight excluding hydrogens is 242 g/mol. The zero-order valence-corrected chi connectivity index (χ0v) is 10.8. The Bertz CT molecular complexity index is 266. The minimum Gasteiger partial charge on any atom is -0.480 e. The monoisotopic (exact) mass is 261 g/mol. The molecule has 1 fully saturated rings. The molecule has 2 unspecified atom stereocenters. The summed E-state index contributed by atoms with van der Waals surface area (Å²) in [5.74, 6) is -0.547. The molecule has 1 aliphatic heterocycles. The minimum absolute atomic E-state index is 0.302. The van der Waals surface area contributed by atoms with Crippen LogP contribution in [-0.2, 0) is 14.3 Å². The van der Waals surface area contributed by atoms with Crippen LogP contribution in [-0.4, -0.2) is 47.2 Å². The summed E-state index contributed by atoms with van der Waals surface area (Å²) in [6.45, 7) is 2.92. The van der Waals surface area contributed by atoms with Crippen LogP contribution in [0, 0.1) is 0 Å². The molecule has 0 bridgehead atoms. The van der Waals surface area contributed by atoms with Crippen molar-refractivity contribution in [3.63, 3.8) is 0 Å². The Kier molecular flexibility index (Phi) is 6.36. The molecule has 1 amide bonds. The Morgan fingerprint density at radius 1 is 1.59 bits per heavy atom. The van der Waals surface area contributed by atoms with E-state index in [9.17, 15) is 9.59 Å². The largest absolute Gasteiger partial charge is 0.480 e. The van der Waals surface area contributed by atoms with Gasteiger partial charge in [0.05, 0.1) is 6.61 Å². The van der Waals surface area contributed by atoms with Crippen molar-refractivity contribution in [2.75, 3.05) is 19.0 Å². The van der Waals surface area contributed by atoms with Crippen LogP contribution >= 0.6 is 11.8 Å². The molecule has 2 N–H and O–H groups in total. The van der Waals surface area contributed by atoms with Gasteiger partial charge in [-0.2, -0.15) is 11.8 Å². The summed E-state index contributed by atoms with van der Waals surface area (Å²) in [5, 5.41) is 11.8. The van der Waals surface area contributed by atoms with Gasteiger partial charge >= 0.3 is 5.97 Å². The lowest BCUT2D eigenvalue weighted by Gasteiger charge is -2.22. The quantitative estimate of drug-likeness (QED) is 0.742. The summed E-state index contributed by atoms with van der Waals surface area (Å²) >= 11 is 1.73. The Labute approximate surface area is 105 Å². The van der Waals surface area contributed by atoms with E-state index in [-0.39, 0.29) is 5.91 Å². The predicted octanol–water partition coefficient (Wildman–Crippen LogP) is 0.878. The maximum Gasteiger partial charge on any atom is 0.326 e. The van der Waals surface area contributed by atoms with E-state index in [1.165, 1.54) is 6.92 Å². The molecule has 1 heterocycles. The number of carbonyl (C=O) groups is 2. The highest BCUT2D eigenvalue weighted by molar-refractivity contribution is 7.99. The molecule has 2 atom stereocenters. The molecule has 0 radical (unpaired) electrons. The number of amides is 1. The standard InChI is InChI=1S/C11H19NO4S/c1-8(13)12-10(11(14)15)4-6-17-9-3-2-5-16-7-9/h9-10H,2-7H2,1H3,(H,12,13)(H,14,15). The average molecular weight is 261 g/mol. The number of carbonyl (C=O) groups excluding carboxylic acids is 1. The van der Waals surface area contributed by atoms with Crippen molar-refractivity contribution in [2.45, 2.75) is 37.5 Å². The fourth-order valence-electron chi connectivity index (χ4n) is 1.70. The average Bonchev–Trinajstić information content (AvgIpc) is 2.28. The topological polar surface area (TPSA) is 75.6 Å². The maximum absolute atomic E-state index is 10.9. The van der Waals surface area contributed by atoms with Gasteiger partial charge in [0, 0.05) is 18.8 Å². The first-order valence-electron chi connectivity index (χ1n) is 5.79. The van der Waals surface area contributed by atoms with Crippen LogP contribution in [0.1, 0.15) is 26.2 Å². The molecular formula is C11H19NO4S. The van der Waals surface area contributed by atoms with E-state index in [1.54, 1.807) is 11.8 Å². The van der Waals surface area contributed by atoms with Crippen molar-refractivity contribution in [2.24, 2.45) is 0 Å². The summed E-state index contributed by atoms with van der Waals surface area (Å²) in [6.07, 6.45) is 2.66. The molecule has 6 heteroatoms. The van der Waals surface area contributed by atoms with E-state index in [2.05, 4.69) is 5.32 Å². The highest BCUT2D eigenvalue weighted by Crippen LogP contribution is 2.21. The Morgan fingerprint density at radius 2 is 2.35 bits per heavy atom. The number of ether oxygens (including phenoxy) is 1. The van der Waals surface area contributed by atoms with E-state index in [1.807, 2.05) is 0 Å². The number of carboxylic acids is 1. The molecule has 0 saturated carbocycles. The van der Waals surface area contributed by atoms with E-state index in [4.69, 9.17) is 9.84 Å². The zero-order valence-electron chi connectivity index (χ0n) is 9.98. The summed E-state index contributed by atoms with van der Waals surface area (Å²) in [6, 6.07) is -0.774. The van der Waals surface area contributed by atoms with Crippen molar-refractivity contribution in [1.82, 2.24) is 5.32 Å². The summed E-state index contributed by atoms with van der Waals surface area (Å²) < 4.78 is 5.34. The molecule has 1 aliphatic rings. The molecule has 0 spiro atoms. The van der Waals surface area contributed by atoms with Gasteiger partial charge in [0.1, 0.15) is 6.04 Å². The van der Waals surface area contributed by atoms with E-state index < -0.39 is 12.0 Å². The zero-order chi connectivity index (χ0) is 12.7. The van der Waals surface area contributed by atoms with E-state index >= 15 is 0 Å². The van der Waals surface area contributed by atoms with Gasteiger partial charge in [0.15, 0.2) is 0 Å². The fourth-order valence-corrected chi connectivity index (χ4v) is 2.93. The molecule has 0 aliphatic carbocycles. The second-order valence-corrected chi connectivity index (χ2v) is 5.50. The van der Waals surface area contributed by atoms with Gasteiger partial charge in [0.2, 0.25) is 5.91 Å². The number of hydrogen-bond acceptors (Lipinski definition) is 4. The lowest BCUT2D eigenvalue weighted by molar-refractivity contribution is -0.141. The third kappa shape index (κ3) is 5.93. The lowest BCUT2D eigenvalue weighted by atomic mass is 10.2. The van der Waals surface area contributed by atoms with Crippen LogP contribution < -0.4 is 5.32 Å². The lowest BCUT2D eigenvalue weighted by Crippen LogP contribution is -2.40. The fraction of sp³-hybridized carbons (Fsp3) is 0.818. The van der Waals surface area contributed by atoms with Gasteiger partial charge < -0.3 is 15.2 Å². The Hall–Kier alpha value is -0.750. The van der Waals surface area contributed by atoms with Gasteiger partial charge in [-0.15, -0.1) is 0 Å². The maximum atomic E-state index is 10.9. The molecule has 0 aromatic rings. The third-order valence-electron chi connectivity index (χ3n) is 2.55. The SMILES string of the molecule is CC(=O)NC(CCSC1CCCOC1)C(=O)O. The molecule has 1 rings (SSSR count). The number of thioether (sulfide) groups is 1. The molecule has 0 aromatic heterocycles. The van der Waals surface area contributed by atoms with Crippen LogP contribution in [0.15, 0.2) is 0 Å². The van der Waals surface area contributed by atoms with Crippen molar-refractivity contribution in [3.8, 4) is 0 Å². The van der Waals surface area contributed by atoms with Crippen molar-refractivity contribution in [1.29, 1.82) is 0 Å². The first kappa shape index (κ1) is 14.3. The summed E-state index contributed by atoms with van der Waals surface area (Å²) in [5.41, 5.74) is 0. The molecule has 98 valence electrons. The third-order valence-corrected chi connectivity index (χ3v) is 3.87. The normalized spacial score (nSPS) is 21.8. The van der Waals surface area contributed by atoms with Crippen LogP contribution in [0.2, 0.25) is 0 Å². The van der Waals surface area contributed by atoms with E-state index in [0.29, 0.717) is 11.7 Å². The highest BCUT2D eigenvalue weighted by Gasteiger charge is 2.20. The van der Waals surface area contributed by atoms with Crippen molar-refractivity contribution >= 4 is 23.6 Å².